The lowest BCUT2D eigenvalue weighted by atomic mass is 10.2. The zero-order valence-corrected chi connectivity index (χ0v) is 8.08. The molecule has 0 bridgehead atoms. The van der Waals surface area contributed by atoms with Crippen LogP contribution in [-0.2, 0) is 12.8 Å². The first-order valence-electron chi connectivity index (χ1n) is 4.47. The first-order chi connectivity index (χ1) is 6.90. The molecule has 0 fully saturated rings. The van der Waals surface area contributed by atoms with Crippen LogP contribution in [0.1, 0.15) is 25.1 Å². The van der Waals surface area contributed by atoms with Crippen molar-refractivity contribution in [2.75, 3.05) is 0 Å². The van der Waals surface area contributed by atoms with Crippen LogP contribution >= 0.6 is 0 Å². The average molecular weight is 224 g/mol. The highest BCUT2D eigenvalue weighted by Gasteiger charge is 2.30. The Morgan fingerprint density at radius 3 is 2.67 bits per heavy atom. The monoisotopic (exact) mass is 224 g/mol. The Balaban J connectivity index is 2.56. The van der Waals surface area contributed by atoms with Crippen LogP contribution in [0.4, 0.5) is 13.2 Å². The highest BCUT2D eigenvalue weighted by Crippen LogP contribution is 2.19. The van der Waals surface area contributed by atoms with E-state index in [1.165, 1.54) is 0 Å². The van der Waals surface area contributed by atoms with Gasteiger partial charge in [-0.2, -0.15) is 18.2 Å². The Morgan fingerprint density at radius 2 is 2.13 bits per heavy atom. The number of aromatic nitrogens is 2. The van der Waals surface area contributed by atoms with Gasteiger partial charge in [-0.15, -0.1) is 0 Å². The molecule has 1 aromatic heterocycles. The molecule has 0 saturated heterocycles. The van der Waals surface area contributed by atoms with Crippen molar-refractivity contribution in [2.45, 2.75) is 38.5 Å². The molecule has 0 aliphatic heterocycles. The van der Waals surface area contributed by atoms with Crippen LogP contribution in [0.25, 0.3) is 0 Å². The first-order valence-corrected chi connectivity index (χ1v) is 4.47. The first kappa shape index (κ1) is 12.0. The highest BCUT2D eigenvalue weighted by molar-refractivity contribution is 4.89. The van der Waals surface area contributed by atoms with Crippen LogP contribution in [0, 0.1) is 0 Å². The minimum atomic E-state index is -4.34. The second-order valence-electron chi connectivity index (χ2n) is 3.16. The Hall–Kier alpha value is -1.11. The van der Waals surface area contributed by atoms with E-state index in [1.54, 1.807) is 6.92 Å². The molecule has 1 aromatic rings. The molecular formula is C8H11F3N2O2. The van der Waals surface area contributed by atoms with E-state index in [0.717, 1.165) is 0 Å². The van der Waals surface area contributed by atoms with Crippen LogP contribution in [0.3, 0.4) is 0 Å². The number of halogens is 3. The molecule has 0 amide bonds. The number of rotatable bonds is 4. The lowest BCUT2D eigenvalue weighted by molar-refractivity contribution is -0.128. The third-order valence-corrected chi connectivity index (χ3v) is 1.75. The fraction of sp³-hybridized carbons (Fsp3) is 0.750. The third-order valence-electron chi connectivity index (χ3n) is 1.75. The topological polar surface area (TPSA) is 59.2 Å². The van der Waals surface area contributed by atoms with Crippen molar-refractivity contribution in [3.8, 4) is 0 Å². The van der Waals surface area contributed by atoms with Crippen LogP contribution in [0.2, 0.25) is 0 Å². The van der Waals surface area contributed by atoms with Gasteiger partial charge in [0.15, 0.2) is 5.82 Å². The van der Waals surface area contributed by atoms with Crippen LogP contribution in [0.5, 0.6) is 0 Å². The molecule has 7 heteroatoms. The van der Waals surface area contributed by atoms with E-state index in [-0.39, 0.29) is 12.3 Å². The van der Waals surface area contributed by atoms with Crippen molar-refractivity contribution in [1.82, 2.24) is 10.1 Å². The Bertz CT molecular complexity index is 311. The summed E-state index contributed by atoms with van der Waals surface area (Å²) in [5.41, 5.74) is 0. The minimum absolute atomic E-state index is 0.0311. The molecule has 1 rings (SSSR count). The highest BCUT2D eigenvalue weighted by atomic mass is 19.4. The second kappa shape index (κ2) is 4.61. The fourth-order valence-electron chi connectivity index (χ4n) is 0.970. The third kappa shape index (κ3) is 4.28. The van der Waals surface area contributed by atoms with Gasteiger partial charge >= 0.3 is 6.18 Å². The summed E-state index contributed by atoms with van der Waals surface area (Å²) in [6.45, 7) is 1.75. The maximum Gasteiger partial charge on any atom is 0.396 e. The van der Waals surface area contributed by atoms with Gasteiger partial charge in [0.1, 0.15) is 6.42 Å². The van der Waals surface area contributed by atoms with Crippen molar-refractivity contribution in [3.05, 3.63) is 11.7 Å². The molecule has 1 atom stereocenters. The quantitative estimate of drug-likeness (QED) is 0.841. The average Bonchev–Trinajstić information content (AvgIpc) is 2.49. The van der Waals surface area contributed by atoms with E-state index in [1.807, 2.05) is 0 Å². The summed E-state index contributed by atoms with van der Waals surface area (Å²) >= 11 is 0. The zero-order valence-electron chi connectivity index (χ0n) is 8.08. The number of hydrogen-bond acceptors (Lipinski definition) is 4. The minimum Gasteiger partial charge on any atom is -0.393 e. The van der Waals surface area contributed by atoms with Gasteiger partial charge < -0.3 is 9.63 Å². The van der Waals surface area contributed by atoms with Crippen molar-refractivity contribution >= 4 is 0 Å². The van der Waals surface area contributed by atoms with Crippen molar-refractivity contribution < 1.29 is 22.8 Å². The summed E-state index contributed by atoms with van der Waals surface area (Å²) in [5, 5.41) is 12.4. The maximum atomic E-state index is 11.9. The summed E-state index contributed by atoms with van der Waals surface area (Å²) in [5.74, 6) is -0.371. The van der Waals surface area contributed by atoms with Gasteiger partial charge in [0, 0.05) is 0 Å². The molecule has 0 aliphatic rings. The molecule has 0 saturated carbocycles. The molecule has 1 heterocycles. The maximum absolute atomic E-state index is 11.9. The molecular weight excluding hydrogens is 213 g/mol. The van der Waals surface area contributed by atoms with E-state index < -0.39 is 24.5 Å². The van der Waals surface area contributed by atoms with E-state index in [2.05, 4.69) is 14.7 Å². The molecule has 0 aliphatic carbocycles. The van der Waals surface area contributed by atoms with Gasteiger partial charge in [-0.3, -0.25) is 0 Å². The second-order valence-corrected chi connectivity index (χ2v) is 3.16. The van der Waals surface area contributed by atoms with Gasteiger partial charge in [-0.1, -0.05) is 12.1 Å². The normalized spacial score (nSPS) is 14.2. The molecule has 86 valence electrons. The molecule has 1 unspecified atom stereocenters. The SMILES string of the molecule is CCC(O)Cc1nc(CC(F)(F)F)no1. The summed E-state index contributed by atoms with van der Waals surface area (Å²) in [4.78, 5) is 3.53. The summed E-state index contributed by atoms with van der Waals surface area (Å²) in [6.07, 6.45) is -5.65. The summed E-state index contributed by atoms with van der Waals surface area (Å²) in [7, 11) is 0. The zero-order chi connectivity index (χ0) is 11.5. The number of aliphatic hydroxyl groups is 1. The molecule has 0 spiro atoms. The van der Waals surface area contributed by atoms with E-state index in [0.29, 0.717) is 6.42 Å². The summed E-state index contributed by atoms with van der Waals surface area (Å²) in [6, 6.07) is 0. The molecule has 1 N–H and O–H groups in total. The number of alkyl halides is 3. The predicted octanol–water partition coefficient (Wildman–Crippen LogP) is 1.49. The smallest absolute Gasteiger partial charge is 0.393 e. The molecule has 4 nitrogen and oxygen atoms in total. The lowest BCUT2D eigenvalue weighted by Gasteiger charge is -2.01. The van der Waals surface area contributed by atoms with Crippen LogP contribution in [0.15, 0.2) is 4.52 Å². The van der Waals surface area contributed by atoms with Crippen molar-refractivity contribution in [2.24, 2.45) is 0 Å². The predicted molar refractivity (Wildman–Crippen MR) is 44.1 cm³/mol. The van der Waals surface area contributed by atoms with Gasteiger partial charge in [0.2, 0.25) is 5.89 Å². The van der Waals surface area contributed by atoms with Gasteiger partial charge in [-0.05, 0) is 6.42 Å². The Kier molecular flexibility index (Phi) is 3.67. The van der Waals surface area contributed by atoms with Crippen molar-refractivity contribution in [3.63, 3.8) is 0 Å². The summed E-state index contributed by atoms with van der Waals surface area (Å²) < 4.78 is 40.3. The van der Waals surface area contributed by atoms with Gasteiger partial charge in [0.05, 0.1) is 12.5 Å². The standard InChI is InChI=1S/C8H11F3N2O2/c1-2-5(14)3-7-12-6(13-15-7)4-8(9,10)11/h5,14H,2-4H2,1H3. The van der Waals surface area contributed by atoms with E-state index >= 15 is 0 Å². The molecule has 0 radical (unpaired) electrons. The van der Waals surface area contributed by atoms with Gasteiger partial charge in [-0.25, -0.2) is 0 Å². The largest absolute Gasteiger partial charge is 0.396 e. The Morgan fingerprint density at radius 1 is 1.47 bits per heavy atom. The number of aliphatic hydroxyl groups excluding tert-OH is 1. The Labute approximate surface area is 84.1 Å². The number of hydrogen-bond donors (Lipinski definition) is 1. The van der Waals surface area contributed by atoms with Crippen LogP contribution < -0.4 is 0 Å². The molecule has 0 aromatic carbocycles. The van der Waals surface area contributed by atoms with E-state index in [9.17, 15) is 18.3 Å². The number of nitrogens with zero attached hydrogens (tertiary/aromatic N) is 2. The van der Waals surface area contributed by atoms with Gasteiger partial charge in [0.25, 0.3) is 0 Å². The van der Waals surface area contributed by atoms with Crippen molar-refractivity contribution in [1.29, 1.82) is 0 Å². The fourth-order valence-corrected chi connectivity index (χ4v) is 0.970. The van der Waals surface area contributed by atoms with E-state index in [4.69, 9.17) is 0 Å². The van der Waals surface area contributed by atoms with Crippen LogP contribution in [-0.4, -0.2) is 27.5 Å². The molecule has 15 heavy (non-hydrogen) atoms. The lowest BCUT2D eigenvalue weighted by Crippen LogP contribution is -2.13.